The molecule has 0 N–H and O–H groups in total. The van der Waals surface area contributed by atoms with Gasteiger partial charge < -0.3 is 14.7 Å². The second kappa shape index (κ2) is 6.12. The first-order valence-corrected chi connectivity index (χ1v) is 7.77. The molecule has 0 aliphatic carbocycles. The van der Waals surface area contributed by atoms with Crippen molar-refractivity contribution in [2.45, 2.75) is 39.7 Å². The number of carbonyl (C=O) groups is 1. The van der Waals surface area contributed by atoms with Gasteiger partial charge >= 0.3 is 6.03 Å². The third-order valence-corrected chi connectivity index (χ3v) is 4.88. The molecule has 1 atom stereocenters. The van der Waals surface area contributed by atoms with E-state index in [0.29, 0.717) is 17.9 Å². The van der Waals surface area contributed by atoms with Gasteiger partial charge in [-0.1, -0.05) is 20.8 Å². The van der Waals surface area contributed by atoms with Gasteiger partial charge in [0.1, 0.15) is 0 Å². The standard InChI is InChI=1S/C15H29N3O/c1-5-17-8-6-13(7-9-17)10-18-11-14(12(2)3)16(4)15(18)19/h12-14H,5-11H2,1-4H3. The molecule has 2 fully saturated rings. The molecular weight excluding hydrogens is 238 g/mol. The molecule has 2 heterocycles. The van der Waals surface area contributed by atoms with Crippen LogP contribution in [0.5, 0.6) is 0 Å². The van der Waals surface area contributed by atoms with E-state index in [1.54, 1.807) is 0 Å². The fourth-order valence-corrected chi connectivity index (χ4v) is 3.40. The van der Waals surface area contributed by atoms with Gasteiger partial charge in [0, 0.05) is 20.1 Å². The quantitative estimate of drug-likeness (QED) is 0.780. The Morgan fingerprint density at radius 1 is 1.26 bits per heavy atom. The van der Waals surface area contributed by atoms with Gasteiger partial charge in [-0.2, -0.15) is 0 Å². The highest BCUT2D eigenvalue weighted by molar-refractivity contribution is 5.76. The lowest BCUT2D eigenvalue weighted by Gasteiger charge is -2.33. The lowest BCUT2D eigenvalue weighted by atomic mass is 9.96. The van der Waals surface area contributed by atoms with Crippen molar-refractivity contribution in [2.24, 2.45) is 11.8 Å². The number of rotatable bonds is 4. The molecule has 2 aliphatic heterocycles. The molecule has 2 amide bonds. The van der Waals surface area contributed by atoms with Crippen molar-refractivity contribution in [1.82, 2.24) is 14.7 Å². The minimum absolute atomic E-state index is 0.233. The lowest BCUT2D eigenvalue weighted by molar-refractivity contribution is 0.156. The first kappa shape index (κ1) is 14.6. The molecule has 2 rings (SSSR count). The van der Waals surface area contributed by atoms with Gasteiger partial charge in [0.2, 0.25) is 0 Å². The Hall–Kier alpha value is -0.770. The average molecular weight is 267 g/mol. The second-order valence-corrected chi connectivity index (χ2v) is 6.49. The number of likely N-dealkylation sites (tertiary alicyclic amines) is 1. The van der Waals surface area contributed by atoms with Crippen LogP contribution in [0.25, 0.3) is 0 Å². The molecule has 0 spiro atoms. The summed E-state index contributed by atoms with van der Waals surface area (Å²) in [4.78, 5) is 18.8. The highest BCUT2D eigenvalue weighted by Gasteiger charge is 2.37. The summed E-state index contributed by atoms with van der Waals surface area (Å²) in [6.45, 7) is 12.1. The predicted octanol–water partition coefficient (Wildman–Crippen LogP) is 2.11. The summed E-state index contributed by atoms with van der Waals surface area (Å²) in [5.74, 6) is 1.24. The summed E-state index contributed by atoms with van der Waals surface area (Å²) in [5.41, 5.74) is 0. The fourth-order valence-electron chi connectivity index (χ4n) is 3.40. The Kier molecular flexibility index (Phi) is 4.71. The third kappa shape index (κ3) is 3.22. The molecule has 0 bridgehead atoms. The number of amides is 2. The summed E-state index contributed by atoms with van der Waals surface area (Å²) >= 11 is 0. The summed E-state index contributed by atoms with van der Waals surface area (Å²) in [6.07, 6.45) is 2.49. The normalized spacial score (nSPS) is 26.8. The first-order chi connectivity index (χ1) is 9.02. The molecular formula is C15H29N3O. The number of piperidine rings is 1. The SMILES string of the molecule is CCN1CCC(CN2CC(C(C)C)N(C)C2=O)CC1. The maximum atomic E-state index is 12.3. The van der Waals surface area contributed by atoms with Crippen LogP contribution in [0.1, 0.15) is 33.6 Å². The molecule has 19 heavy (non-hydrogen) atoms. The van der Waals surface area contributed by atoms with E-state index >= 15 is 0 Å². The lowest BCUT2D eigenvalue weighted by Crippen LogP contribution is -2.39. The molecule has 2 aliphatic rings. The molecule has 4 nitrogen and oxygen atoms in total. The average Bonchev–Trinajstić information content (AvgIpc) is 2.68. The molecule has 0 saturated carbocycles. The Bertz CT molecular complexity index is 311. The van der Waals surface area contributed by atoms with Gasteiger partial charge in [0.05, 0.1) is 6.04 Å². The molecule has 0 radical (unpaired) electrons. The highest BCUT2D eigenvalue weighted by Crippen LogP contribution is 2.24. The van der Waals surface area contributed by atoms with Gasteiger partial charge in [-0.15, -0.1) is 0 Å². The summed E-state index contributed by atoms with van der Waals surface area (Å²) < 4.78 is 0. The van der Waals surface area contributed by atoms with Crippen molar-refractivity contribution in [3.8, 4) is 0 Å². The van der Waals surface area contributed by atoms with Crippen LogP contribution < -0.4 is 0 Å². The maximum absolute atomic E-state index is 12.3. The summed E-state index contributed by atoms with van der Waals surface area (Å²) in [5, 5.41) is 0. The minimum Gasteiger partial charge on any atom is -0.323 e. The van der Waals surface area contributed by atoms with Gasteiger partial charge in [-0.25, -0.2) is 4.79 Å². The van der Waals surface area contributed by atoms with E-state index in [1.165, 1.54) is 25.9 Å². The van der Waals surface area contributed by atoms with Gasteiger partial charge in [0.25, 0.3) is 0 Å². The van der Waals surface area contributed by atoms with Crippen LogP contribution >= 0.6 is 0 Å². The number of carbonyl (C=O) groups excluding carboxylic acids is 1. The number of likely N-dealkylation sites (N-methyl/N-ethyl adjacent to an activating group) is 1. The molecule has 110 valence electrons. The van der Waals surface area contributed by atoms with E-state index in [9.17, 15) is 4.79 Å². The van der Waals surface area contributed by atoms with Gasteiger partial charge in [-0.05, 0) is 44.3 Å². The van der Waals surface area contributed by atoms with Gasteiger partial charge in [0.15, 0.2) is 0 Å². The number of hydrogen-bond donors (Lipinski definition) is 0. The second-order valence-electron chi connectivity index (χ2n) is 6.49. The first-order valence-electron chi connectivity index (χ1n) is 7.77. The zero-order valence-corrected chi connectivity index (χ0v) is 12.9. The molecule has 0 aromatic rings. The fraction of sp³-hybridized carbons (Fsp3) is 0.933. The molecule has 4 heteroatoms. The van der Waals surface area contributed by atoms with E-state index in [1.807, 2.05) is 11.9 Å². The third-order valence-electron chi connectivity index (χ3n) is 4.88. The summed E-state index contributed by atoms with van der Waals surface area (Å²) in [6, 6.07) is 0.625. The van der Waals surface area contributed by atoms with Crippen LogP contribution in [0.15, 0.2) is 0 Å². The molecule has 0 aromatic heterocycles. The Morgan fingerprint density at radius 3 is 2.37 bits per heavy atom. The summed E-state index contributed by atoms with van der Waals surface area (Å²) in [7, 11) is 1.95. The minimum atomic E-state index is 0.233. The van der Waals surface area contributed by atoms with E-state index in [2.05, 4.69) is 30.6 Å². The van der Waals surface area contributed by atoms with Crippen molar-refractivity contribution in [2.75, 3.05) is 39.8 Å². The van der Waals surface area contributed by atoms with E-state index in [4.69, 9.17) is 0 Å². The van der Waals surface area contributed by atoms with Crippen molar-refractivity contribution in [3.63, 3.8) is 0 Å². The van der Waals surface area contributed by atoms with Gasteiger partial charge in [-0.3, -0.25) is 0 Å². The zero-order chi connectivity index (χ0) is 14.0. The van der Waals surface area contributed by atoms with E-state index < -0.39 is 0 Å². The largest absolute Gasteiger partial charge is 0.323 e. The van der Waals surface area contributed by atoms with Crippen LogP contribution in [0.2, 0.25) is 0 Å². The molecule has 2 saturated heterocycles. The number of nitrogens with zero attached hydrogens (tertiary/aromatic N) is 3. The Balaban J connectivity index is 1.85. The number of hydrogen-bond acceptors (Lipinski definition) is 2. The van der Waals surface area contributed by atoms with Crippen molar-refractivity contribution < 1.29 is 4.79 Å². The van der Waals surface area contributed by atoms with Crippen molar-refractivity contribution in [3.05, 3.63) is 0 Å². The van der Waals surface area contributed by atoms with Crippen LogP contribution in [0.3, 0.4) is 0 Å². The van der Waals surface area contributed by atoms with Crippen LogP contribution in [-0.2, 0) is 0 Å². The molecule has 0 aromatic carbocycles. The number of urea groups is 1. The monoisotopic (exact) mass is 267 g/mol. The predicted molar refractivity (Wildman–Crippen MR) is 78.2 cm³/mol. The molecule has 1 unspecified atom stereocenters. The van der Waals surface area contributed by atoms with Crippen molar-refractivity contribution in [1.29, 1.82) is 0 Å². The topological polar surface area (TPSA) is 26.8 Å². The van der Waals surface area contributed by atoms with E-state index in [0.717, 1.165) is 19.6 Å². The Morgan fingerprint density at radius 2 is 1.89 bits per heavy atom. The smallest absolute Gasteiger partial charge is 0.320 e. The van der Waals surface area contributed by atoms with E-state index in [-0.39, 0.29) is 6.03 Å². The van der Waals surface area contributed by atoms with Crippen LogP contribution in [-0.4, -0.2) is 66.5 Å². The Labute approximate surface area is 117 Å². The van der Waals surface area contributed by atoms with Crippen LogP contribution in [0, 0.1) is 11.8 Å². The zero-order valence-electron chi connectivity index (χ0n) is 12.9. The highest BCUT2D eigenvalue weighted by atomic mass is 16.2. The van der Waals surface area contributed by atoms with Crippen molar-refractivity contribution >= 4 is 6.03 Å². The van der Waals surface area contributed by atoms with Crippen LogP contribution in [0.4, 0.5) is 4.79 Å². The maximum Gasteiger partial charge on any atom is 0.320 e.